The lowest BCUT2D eigenvalue weighted by molar-refractivity contribution is -0.165. The third-order valence-corrected chi connectivity index (χ3v) is 4.05. The number of hydrogen-bond donors (Lipinski definition) is 0. The summed E-state index contributed by atoms with van der Waals surface area (Å²) in [6.07, 6.45) is 2.30. The molecule has 0 saturated carbocycles. The molecular formula is C16H23ClN2O3. The number of carbonyl (C=O) groups is 2. The van der Waals surface area contributed by atoms with Crippen LogP contribution in [0.1, 0.15) is 44.6 Å². The highest BCUT2D eigenvalue weighted by Gasteiger charge is 2.44. The van der Waals surface area contributed by atoms with E-state index in [0.29, 0.717) is 30.2 Å². The molecule has 122 valence electrons. The molecule has 1 aromatic rings. The largest absolute Gasteiger partial charge is 0.459 e. The van der Waals surface area contributed by atoms with E-state index in [0.717, 1.165) is 0 Å². The van der Waals surface area contributed by atoms with E-state index in [9.17, 15) is 9.59 Å². The Balaban J connectivity index is 2.10. The lowest BCUT2D eigenvalue weighted by atomic mass is 9.90. The molecule has 2 heterocycles. The molecule has 0 aromatic carbocycles. The summed E-state index contributed by atoms with van der Waals surface area (Å²) in [6.45, 7) is 8.29. The maximum absolute atomic E-state index is 12.6. The van der Waals surface area contributed by atoms with Gasteiger partial charge in [0.15, 0.2) is 0 Å². The van der Waals surface area contributed by atoms with Crippen molar-refractivity contribution in [2.75, 3.05) is 13.1 Å². The van der Waals surface area contributed by atoms with Gasteiger partial charge in [0.05, 0.1) is 10.4 Å². The zero-order valence-electron chi connectivity index (χ0n) is 13.8. The molecule has 1 aliphatic heterocycles. The average Bonchev–Trinajstić information content (AvgIpc) is 2.91. The van der Waals surface area contributed by atoms with E-state index in [-0.39, 0.29) is 11.9 Å². The molecule has 0 spiro atoms. The van der Waals surface area contributed by atoms with Crippen molar-refractivity contribution in [1.29, 1.82) is 0 Å². The second kappa shape index (κ2) is 5.61. The van der Waals surface area contributed by atoms with E-state index in [2.05, 4.69) is 0 Å². The van der Waals surface area contributed by atoms with Crippen molar-refractivity contribution in [1.82, 2.24) is 9.47 Å². The second-order valence-electron chi connectivity index (χ2n) is 7.19. The fraction of sp³-hybridized carbons (Fsp3) is 0.625. The van der Waals surface area contributed by atoms with E-state index in [1.807, 2.05) is 27.7 Å². The SMILES string of the molecule is Cn1cc(Cl)cc1C(=O)N1CCC(C)(C(=O)OC(C)(C)C)C1. The molecule has 0 N–H and O–H groups in total. The first kappa shape index (κ1) is 16.9. The van der Waals surface area contributed by atoms with Gasteiger partial charge in [0.1, 0.15) is 11.3 Å². The van der Waals surface area contributed by atoms with Crippen molar-refractivity contribution in [2.45, 2.75) is 39.7 Å². The van der Waals surface area contributed by atoms with Crippen LogP contribution in [-0.4, -0.2) is 40.0 Å². The van der Waals surface area contributed by atoms with Gasteiger partial charge in [-0.2, -0.15) is 0 Å². The van der Waals surface area contributed by atoms with Crippen LogP contribution in [0.15, 0.2) is 12.3 Å². The minimum atomic E-state index is -0.655. The summed E-state index contributed by atoms with van der Waals surface area (Å²) >= 11 is 5.93. The van der Waals surface area contributed by atoms with Crippen molar-refractivity contribution in [2.24, 2.45) is 12.5 Å². The van der Waals surface area contributed by atoms with Crippen molar-refractivity contribution in [3.05, 3.63) is 23.0 Å². The number of ether oxygens (including phenoxy) is 1. The Morgan fingerprint density at radius 1 is 1.36 bits per heavy atom. The molecule has 0 radical (unpaired) electrons. The zero-order chi connectivity index (χ0) is 16.7. The first-order chi connectivity index (χ1) is 10.0. The summed E-state index contributed by atoms with van der Waals surface area (Å²) in [5, 5.41) is 0.528. The number of rotatable bonds is 2. The van der Waals surface area contributed by atoms with Crippen LogP contribution in [-0.2, 0) is 16.6 Å². The molecule has 0 aliphatic carbocycles. The smallest absolute Gasteiger partial charge is 0.314 e. The molecule has 1 aliphatic rings. The second-order valence-corrected chi connectivity index (χ2v) is 7.63. The van der Waals surface area contributed by atoms with Crippen molar-refractivity contribution in [3.8, 4) is 0 Å². The number of nitrogens with zero attached hydrogens (tertiary/aromatic N) is 2. The van der Waals surface area contributed by atoms with E-state index in [1.165, 1.54) is 0 Å². The van der Waals surface area contributed by atoms with Gasteiger partial charge in [-0.05, 0) is 40.2 Å². The number of hydrogen-bond acceptors (Lipinski definition) is 3. The van der Waals surface area contributed by atoms with Gasteiger partial charge in [-0.1, -0.05) is 11.6 Å². The molecule has 1 fully saturated rings. The van der Waals surface area contributed by atoms with E-state index >= 15 is 0 Å². The van der Waals surface area contributed by atoms with E-state index in [4.69, 9.17) is 16.3 Å². The number of likely N-dealkylation sites (tertiary alicyclic amines) is 1. The summed E-state index contributed by atoms with van der Waals surface area (Å²) in [7, 11) is 1.78. The monoisotopic (exact) mass is 326 g/mol. The Morgan fingerprint density at radius 3 is 2.50 bits per heavy atom. The molecule has 2 rings (SSSR count). The Labute approximate surface area is 136 Å². The highest BCUT2D eigenvalue weighted by Crippen LogP contribution is 2.33. The molecule has 5 nitrogen and oxygen atoms in total. The van der Waals surface area contributed by atoms with Gasteiger partial charge in [-0.15, -0.1) is 0 Å². The number of carbonyl (C=O) groups excluding carboxylic acids is 2. The summed E-state index contributed by atoms with van der Waals surface area (Å²) in [5.74, 6) is -0.359. The third kappa shape index (κ3) is 3.46. The predicted molar refractivity (Wildman–Crippen MR) is 84.9 cm³/mol. The summed E-state index contributed by atoms with van der Waals surface area (Å²) in [4.78, 5) is 26.6. The fourth-order valence-corrected chi connectivity index (χ4v) is 2.85. The van der Waals surface area contributed by atoms with Crippen LogP contribution in [0.2, 0.25) is 5.02 Å². The average molecular weight is 327 g/mol. The highest BCUT2D eigenvalue weighted by atomic mass is 35.5. The molecule has 6 heteroatoms. The van der Waals surface area contributed by atoms with Crippen LogP contribution in [0.4, 0.5) is 0 Å². The summed E-state index contributed by atoms with van der Waals surface area (Å²) in [5.41, 5.74) is -0.653. The van der Waals surface area contributed by atoms with Crippen molar-refractivity contribution >= 4 is 23.5 Å². The van der Waals surface area contributed by atoms with Crippen LogP contribution in [0, 0.1) is 5.41 Å². The minimum Gasteiger partial charge on any atom is -0.459 e. The minimum absolute atomic E-state index is 0.110. The summed E-state index contributed by atoms with van der Waals surface area (Å²) in [6, 6.07) is 1.65. The number of halogens is 1. The maximum atomic E-state index is 12.6. The Morgan fingerprint density at radius 2 is 2.00 bits per heavy atom. The highest BCUT2D eigenvalue weighted by molar-refractivity contribution is 6.31. The molecular weight excluding hydrogens is 304 g/mol. The first-order valence-electron chi connectivity index (χ1n) is 7.36. The molecule has 1 unspecified atom stereocenters. The van der Waals surface area contributed by atoms with Gasteiger partial charge >= 0.3 is 5.97 Å². The Bertz CT molecular complexity index is 603. The Hall–Kier alpha value is -1.49. The van der Waals surface area contributed by atoms with Gasteiger partial charge < -0.3 is 14.2 Å². The molecule has 1 saturated heterocycles. The normalized spacial score (nSPS) is 22.0. The van der Waals surface area contributed by atoms with Crippen molar-refractivity contribution < 1.29 is 14.3 Å². The van der Waals surface area contributed by atoms with Crippen LogP contribution >= 0.6 is 11.6 Å². The molecule has 1 amide bonds. The number of esters is 1. The van der Waals surface area contributed by atoms with Gasteiger partial charge in [0.2, 0.25) is 0 Å². The standard InChI is InChI=1S/C16H23ClN2O3/c1-15(2,3)22-14(21)16(4)6-7-19(10-16)13(20)12-8-11(17)9-18(12)5/h8-9H,6-7,10H2,1-5H3. The van der Waals surface area contributed by atoms with E-state index < -0.39 is 11.0 Å². The van der Waals surface area contributed by atoms with E-state index in [1.54, 1.807) is 28.8 Å². The molecule has 22 heavy (non-hydrogen) atoms. The first-order valence-corrected chi connectivity index (χ1v) is 7.74. The number of aromatic nitrogens is 1. The Kier molecular flexibility index (Phi) is 4.30. The molecule has 1 aromatic heterocycles. The van der Waals surface area contributed by atoms with Crippen molar-refractivity contribution in [3.63, 3.8) is 0 Å². The fourth-order valence-electron chi connectivity index (χ4n) is 2.60. The van der Waals surface area contributed by atoms with Gasteiger partial charge in [-0.3, -0.25) is 9.59 Å². The topological polar surface area (TPSA) is 51.5 Å². The predicted octanol–water partition coefficient (Wildman–Crippen LogP) is 2.87. The van der Waals surface area contributed by atoms with Crippen LogP contribution < -0.4 is 0 Å². The molecule has 0 bridgehead atoms. The summed E-state index contributed by atoms with van der Waals surface area (Å²) < 4.78 is 7.19. The molecule has 1 atom stereocenters. The zero-order valence-corrected chi connectivity index (χ0v) is 14.5. The van der Waals surface area contributed by atoms with Gasteiger partial charge in [0, 0.05) is 26.3 Å². The number of aryl methyl sites for hydroxylation is 1. The van der Waals surface area contributed by atoms with Gasteiger partial charge in [-0.25, -0.2) is 0 Å². The van der Waals surface area contributed by atoms with Crippen LogP contribution in [0.3, 0.4) is 0 Å². The lowest BCUT2D eigenvalue weighted by Crippen LogP contribution is -2.39. The third-order valence-electron chi connectivity index (χ3n) is 3.84. The quantitative estimate of drug-likeness (QED) is 0.785. The van der Waals surface area contributed by atoms with Gasteiger partial charge in [0.25, 0.3) is 5.91 Å². The maximum Gasteiger partial charge on any atom is 0.314 e. The van der Waals surface area contributed by atoms with Crippen LogP contribution in [0.5, 0.6) is 0 Å². The van der Waals surface area contributed by atoms with Crippen LogP contribution in [0.25, 0.3) is 0 Å². The number of amides is 1. The lowest BCUT2D eigenvalue weighted by Gasteiger charge is -2.28.